The van der Waals surface area contributed by atoms with Gasteiger partial charge in [0.15, 0.2) is 0 Å². The second-order valence-corrected chi connectivity index (χ2v) is 5.76. The van der Waals surface area contributed by atoms with Gasteiger partial charge in [-0.3, -0.25) is 0 Å². The Balaban J connectivity index is 2.07. The Morgan fingerprint density at radius 1 is 1.35 bits per heavy atom. The Bertz CT molecular complexity index is 426. The molecule has 0 atom stereocenters. The molecular weight excluding hydrogens is 250 g/mol. The van der Waals surface area contributed by atoms with Gasteiger partial charge in [-0.05, 0) is 45.3 Å². The highest BCUT2D eigenvalue weighted by Crippen LogP contribution is 2.25. The van der Waals surface area contributed by atoms with Crippen molar-refractivity contribution in [2.24, 2.45) is 5.92 Å². The summed E-state index contributed by atoms with van der Waals surface area (Å²) in [4.78, 5) is 13.5. The van der Waals surface area contributed by atoms with E-state index in [1.54, 1.807) is 6.33 Å². The van der Waals surface area contributed by atoms with Crippen molar-refractivity contribution in [1.82, 2.24) is 14.9 Å². The van der Waals surface area contributed by atoms with Gasteiger partial charge >= 0.3 is 0 Å². The second-order valence-electron chi connectivity index (χ2n) is 5.76. The van der Waals surface area contributed by atoms with Crippen LogP contribution in [0, 0.1) is 5.92 Å². The number of likely N-dealkylation sites (tertiary alicyclic amines) is 1. The SMILES string of the molecule is CCc1c(NC)ncnc1N(C)CC1CCN(C)CC1. The van der Waals surface area contributed by atoms with Crippen molar-refractivity contribution in [3.8, 4) is 0 Å². The summed E-state index contributed by atoms with van der Waals surface area (Å²) >= 11 is 0. The van der Waals surface area contributed by atoms with Crippen molar-refractivity contribution >= 4 is 11.6 Å². The van der Waals surface area contributed by atoms with Crippen molar-refractivity contribution in [3.63, 3.8) is 0 Å². The van der Waals surface area contributed by atoms with Crippen LogP contribution in [-0.2, 0) is 6.42 Å². The molecule has 0 aliphatic carbocycles. The zero-order chi connectivity index (χ0) is 14.5. The number of rotatable bonds is 5. The van der Waals surface area contributed by atoms with E-state index in [9.17, 15) is 0 Å². The van der Waals surface area contributed by atoms with Crippen LogP contribution in [0.25, 0.3) is 0 Å². The van der Waals surface area contributed by atoms with E-state index in [-0.39, 0.29) is 0 Å². The third kappa shape index (κ3) is 3.39. The number of nitrogens with one attached hydrogen (secondary N) is 1. The van der Waals surface area contributed by atoms with Crippen LogP contribution in [0.2, 0.25) is 0 Å². The summed E-state index contributed by atoms with van der Waals surface area (Å²) < 4.78 is 0. The van der Waals surface area contributed by atoms with Crippen LogP contribution in [-0.4, -0.2) is 55.6 Å². The van der Waals surface area contributed by atoms with Crippen LogP contribution in [0.4, 0.5) is 11.6 Å². The van der Waals surface area contributed by atoms with Gasteiger partial charge in [-0.1, -0.05) is 6.92 Å². The maximum absolute atomic E-state index is 4.50. The standard InChI is InChI=1S/C15H27N5/c1-5-13-14(16-2)17-11-18-15(13)20(4)10-12-6-8-19(3)9-7-12/h11-12H,5-10H2,1-4H3,(H,16,17,18). The molecule has 1 aliphatic heterocycles. The molecule has 0 saturated carbocycles. The fourth-order valence-corrected chi connectivity index (χ4v) is 2.99. The lowest BCUT2D eigenvalue weighted by molar-refractivity contribution is 0.222. The predicted octanol–water partition coefficient (Wildman–Crippen LogP) is 1.86. The molecule has 0 radical (unpaired) electrons. The molecule has 1 aromatic heterocycles. The Hall–Kier alpha value is -1.36. The van der Waals surface area contributed by atoms with Crippen LogP contribution in [0.15, 0.2) is 6.33 Å². The average molecular weight is 277 g/mol. The molecule has 1 saturated heterocycles. The molecule has 20 heavy (non-hydrogen) atoms. The largest absolute Gasteiger partial charge is 0.373 e. The lowest BCUT2D eigenvalue weighted by atomic mass is 9.96. The Kier molecular flexibility index (Phi) is 5.17. The third-order valence-electron chi connectivity index (χ3n) is 4.24. The van der Waals surface area contributed by atoms with E-state index < -0.39 is 0 Å². The number of hydrogen-bond acceptors (Lipinski definition) is 5. The highest BCUT2D eigenvalue weighted by molar-refractivity contribution is 5.58. The maximum atomic E-state index is 4.50. The van der Waals surface area contributed by atoms with Gasteiger partial charge in [0.05, 0.1) is 0 Å². The van der Waals surface area contributed by atoms with E-state index in [0.717, 1.165) is 30.5 Å². The summed E-state index contributed by atoms with van der Waals surface area (Å²) in [5.41, 5.74) is 1.21. The summed E-state index contributed by atoms with van der Waals surface area (Å²) in [5, 5.41) is 3.17. The van der Waals surface area contributed by atoms with E-state index in [1.807, 2.05) is 7.05 Å². The zero-order valence-electron chi connectivity index (χ0n) is 13.2. The lowest BCUT2D eigenvalue weighted by Crippen LogP contribution is -2.36. The van der Waals surface area contributed by atoms with Gasteiger partial charge in [0.1, 0.15) is 18.0 Å². The first kappa shape index (κ1) is 15.0. The molecule has 1 fully saturated rings. The minimum Gasteiger partial charge on any atom is -0.373 e. The monoisotopic (exact) mass is 277 g/mol. The van der Waals surface area contributed by atoms with Gasteiger partial charge in [-0.2, -0.15) is 0 Å². The minimum atomic E-state index is 0.772. The minimum absolute atomic E-state index is 0.772. The van der Waals surface area contributed by atoms with E-state index in [4.69, 9.17) is 0 Å². The quantitative estimate of drug-likeness (QED) is 0.890. The summed E-state index contributed by atoms with van der Waals surface area (Å²) in [6.07, 6.45) is 5.17. The van der Waals surface area contributed by atoms with Gasteiger partial charge in [-0.15, -0.1) is 0 Å². The highest BCUT2D eigenvalue weighted by atomic mass is 15.2. The number of anilines is 2. The molecule has 1 N–H and O–H groups in total. The van der Waals surface area contributed by atoms with Crippen LogP contribution < -0.4 is 10.2 Å². The van der Waals surface area contributed by atoms with Crippen LogP contribution >= 0.6 is 0 Å². The molecule has 0 unspecified atom stereocenters. The van der Waals surface area contributed by atoms with Crippen molar-refractivity contribution in [3.05, 3.63) is 11.9 Å². The Labute approximate surface area is 122 Å². The lowest BCUT2D eigenvalue weighted by Gasteiger charge is -2.32. The van der Waals surface area contributed by atoms with Crippen molar-refractivity contribution < 1.29 is 0 Å². The summed E-state index contributed by atoms with van der Waals surface area (Å²) in [5.74, 6) is 2.80. The number of hydrogen-bond donors (Lipinski definition) is 1. The number of piperidine rings is 1. The third-order valence-corrected chi connectivity index (χ3v) is 4.24. The van der Waals surface area contributed by atoms with Crippen molar-refractivity contribution in [2.75, 3.05) is 51.0 Å². The molecule has 5 heteroatoms. The smallest absolute Gasteiger partial charge is 0.137 e. The summed E-state index contributed by atoms with van der Waals surface area (Å²) in [7, 11) is 6.28. The first-order valence-electron chi connectivity index (χ1n) is 7.57. The predicted molar refractivity (Wildman–Crippen MR) is 84.4 cm³/mol. The van der Waals surface area contributed by atoms with Crippen LogP contribution in [0.5, 0.6) is 0 Å². The molecule has 2 rings (SSSR count). The molecule has 0 amide bonds. The molecule has 1 aromatic rings. The van der Waals surface area contributed by atoms with Crippen LogP contribution in [0.3, 0.4) is 0 Å². The Morgan fingerprint density at radius 2 is 2.05 bits per heavy atom. The summed E-state index contributed by atoms with van der Waals surface area (Å²) in [6, 6.07) is 0. The van der Waals surface area contributed by atoms with Gasteiger partial charge < -0.3 is 15.1 Å². The molecule has 0 spiro atoms. The fraction of sp³-hybridized carbons (Fsp3) is 0.733. The first-order chi connectivity index (χ1) is 9.65. The molecular formula is C15H27N5. The van der Waals surface area contributed by atoms with E-state index in [1.165, 1.54) is 31.5 Å². The number of nitrogens with zero attached hydrogens (tertiary/aromatic N) is 4. The van der Waals surface area contributed by atoms with E-state index in [0.29, 0.717) is 0 Å². The zero-order valence-corrected chi connectivity index (χ0v) is 13.2. The molecule has 0 bridgehead atoms. The molecule has 5 nitrogen and oxygen atoms in total. The summed E-state index contributed by atoms with van der Waals surface area (Å²) in [6.45, 7) is 5.67. The van der Waals surface area contributed by atoms with Gasteiger partial charge in [-0.25, -0.2) is 9.97 Å². The van der Waals surface area contributed by atoms with Crippen molar-refractivity contribution in [1.29, 1.82) is 0 Å². The number of aromatic nitrogens is 2. The average Bonchev–Trinajstić information content (AvgIpc) is 2.48. The van der Waals surface area contributed by atoms with Crippen molar-refractivity contribution in [2.45, 2.75) is 26.2 Å². The van der Waals surface area contributed by atoms with E-state index in [2.05, 4.69) is 46.1 Å². The molecule has 0 aromatic carbocycles. The highest BCUT2D eigenvalue weighted by Gasteiger charge is 2.20. The van der Waals surface area contributed by atoms with Gasteiger partial charge in [0, 0.05) is 26.2 Å². The van der Waals surface area contributed by atoms with Crippen LogP contribution in [0.1, 0.15) is 25.3 Å². The fourth-order valence-electron chi connectivity index (χ4n) is 2.99. The maximum Gasteiger partial charge on any atom is 0.137 e. The normalized spacial score (nSPS) is 17.2. The van der Waals surface area contributed by atoms with Gasteiger partial charge in [0.2, 0.25) is 0 Å². The molecule has 112 valence electrons. The topological polar surface area (TPSA) is 44.3 Å². The first-order valence-corrected chi connectivity index (χ1v) is 7.57. The molecule has 1 aliphatic rings. The molecule has 2 heterocycles. The Morgan fingerprint density at radius 3 is 2.65 bits per heavy atom. The van der Waals surface area contributed by atoms with E-state index >= 15 is 0 Å². The van der Waals surface area contributed by atoms with Gasteiger partial charge in [0.25, 0.3) is 0 Å². The second kappa shape index (κ2) is 6.88.